The van der Waals surface area contributed by atoms with Crippen LogP contribution >= 0.6 is 12.2 Å². The van der Waals surface area contributed by atoms with Crippen molar-refractivity contribution in [2.75, 3.05) is 7.11 Å². The highest BCUT2D eigenvalue weighted by molar-refractivity contribution is 7.80. The number of hydrogen-bond acceptors (Lipinski definition) is 4. The number of ether oxygens (including phenoxy) is 1. The quantitative estimate of drug-likeness (QED) is 0.565. The summed E-state index contributed by atoms with van der Waals surface area (Å²) in [7, 11) is 1.59. The molecule has 6 nitrogen and oxygen atoms in total. The largest absolute Gasteiger partial charge is 0.497 e. The molecule has 0 aliphatic rings. The van der Waals surface area contributed by atoms with E-state index in [-0.39, 0.29) is 22.3 Å². The first kappa shape index (κ1) is 19.1. The van der Waals surface area contributed by atoms with Gasteiger partial charge in [-0.1, -0.05) is 12.1 Å². The molecular weight excluding hydrogens is 355 g/mol. The van der Waals surface area contributed by atoms with Gasteiger partial charge in [0.25, 0.3) is 5.91 Å². The van der Waals surface area contributed by atoms with E-state index in [0.29, 0.717) is 0 Å². The molecule has 0 aliphatic heterocycles. The van der Waals surface area contributed by atoms with Crippen LogP contribution in [0, 0.1) is 17.1 Å². The molecule has 0 bridgehead atoms. The van der Waals surface area contributed by atoms with Gasteiger partial charge in [0.2, 0.25) is 0 Å². The lowest BCUT2D eigenvalue weighted by Crippen LogP contribution is -2.47. The average Bonchev–Trinajstić information content (AvgIpc) is 2.66. The zero-order valence-electron chi connectivity index (χ0n) is 14.2. The summed E-state index contributed by atoms with van der Waals surface area (Å²) < 4.78 is 18.5. The molecule has 1 atom stereocenters. The summed E-state index contributed by atoms with van der Waals surface area (Å²) in [5.74, 6) is -0.492. The summed E-state index contributed by atoms with van der Waals surface area (Å²) in [4.78, 5) is 12.1. The highest BCUT2D eigenvalue weighted by Gasteiger charge is 2.11. The summed E-state index contributed by atoms with van der Waals surface area (Å²) >= 11 is 5.15. The van der Waals surface area contributed by atoms with Crippen molar-refractivity contribution in [3.8, 4) is 11.8 Å². The Balaban J connectivity index is 1.91. The predicted molar refractivity (Wildman–Crippen MR) is 98.9 cm³/mol. The third-order valence-corrected chi connectivity index (χ3v) is 3.80. The first-order valence-electron chi connectivity index (χ1n) is 7.65. The second-order valence-corrected chi connectivity index (χ2v) is 5.77. The number of halogens is 1. The molecule has 1 amide bonds. The molecule has 2 aromatic rings. The van der Waals surface area contributed by atoms with E-state index >= 15 is 0 Å². The maximum atomic E-state index is 13.3. The SMILES string of the molecule is COc1cccc([C@@H](C)NC(=S)NNC(=O)c2ccc(F)c(C#N)c2)c1. The molecule has 2 rings (SSSR count). The van der Waals surface area contributed by atoms with Gasteiger partial charge in [0.05, 0.1) is 18.7 Å². The lowest BCUT2D eigenvalue weighted by Gasteiger charge is -2.18. The topological polar surface area (TPSA) is 86.2 Å². The second kappa shape index (κ2) is 8.78. The molecule has 26 heavy (non-hydrogen) atoms. The number of nitrogens with zero attached hydrogens (tertiary/aromatic N) is 1. The fraction of sp³-hybridized carbons (Fsp3) is 0.167. The first-order valence-corrected chi connectivity index (χ1v) is 8.06. The molecule has 0 radical (unpaired) electrons. The smallest absolute Gasteiger partial charge is 0.269 e. The Hall–Kier alpha value is -3.18. The van der Waals surface area contributed by atoms with Gasteiger partial charge < -0.3 is 10.1 Å². The molecule has 0 saturated carbocycles. The molecule has 0 heterocycles. The second-order valence-electron chi connectivity index (χ2n) is 5.36. The van der Waals surface area contributed by atoms with Gasteiger partial charge in [0.1, 0.15) is 17.6 Å². The Kier molecular flexibility index (Phi) is 6.47. The average molecular weight is 372 g/mol. The maximum absolute atomic E-state index is 13.3. The number of thiocarbonyl (C=S) groups is 1. The summed E-state index contributed by atoms with van der Waals surface area (Å²) in [6.45, 7) is 1.91. The number of nitrogens with one attached hydrogen (secondary N) is 3. The third kappa shape index (κ3) is 4.91. The predicted octanol–water partition coefficient (Wildman–Crippen LogP) is 2.58. The van der Waals surface area contributed by atoms with Crippen LogP contribution in [0.4, 0.5) is 4.39 Å². The van der Waals surface area contributed by atoms with Gasteiger partial charge in [-0.2, -0.15) is 5.26 Å². The van der Waals surface area contributed by atoms with E-state index in [9.17, 15) is 9.18 Å². The van der Waals surface area contributed by atoms with Crippen LogP contribution in [0.15, 0.2) is 42.5 Å². The number of hydrazine groups is 1. The van der Waals surface area contributed by atoms with Crippen LogP contribution < -0.4 is 20.9 Å². The first-order chi connectivity index (χ1) is 12.4. The van der Waals surface area contributed by atoms with Crippen molar-refractivity contribution in [2.45, 2.75) is 13.0 Å². The maximum Gasteiger partial charge on any atom is 0.269 e. The molecular formula is C18H17FN4O2S. The number of hydrogen-bond donors (Lipinski definition) is 3. The zero-order valence-corrected chi connectivity index (χ0v) is 15.0. The van der Waals surface area contributed by atoms with Crippen molar-refractivity contribution in [2.24, 2.45) is 0 Å². The standard InChI is InChI=1S/C18H17FN4O2S/c1-11(12-4-3-5-15(9-12)25-2)21-18(26)23-22-17(24)13-6-7-16(19)14(8-13)10-20/h3-9,11H,1-2H3,(H,22,24)(H2,21,23,26)/t11-/m1/s1. The number of carbonyl (C=O) groups excluding carboxylic acids is 1. The summed E-state index contributed by atoms with van der Waals surface area (Å²) in [6.07, 6.45) is 0. The number of carbonyl (C=O) groups is 1. The fourth-order valence-corrected chi connectivity index (χ4v) is 2.39. The summed E-state index contributed by atoms with van der Waals surface area (Å²) in [6, 6.07) is 12.6. The number of rotatable bonds is 4. The molecule has 2 aromatic carbocycles. The van der Waals surface area contributed by atoms with Gasteiger partial charge in [-0.25, -0.2) is 4.39 Å². The number of nitriles is 1. The third-order valence-electron chi connectivity index (χ3n) is 3.58. The van der Waals surface area contributed by atoms with Gasteiger partial charge in [0.15, 0.2) is 5.11 Å². The van der Waals surface area contributed by atoms with E-state index in [1.165, 1.54) is 12.1 Å². The lowest BCUT2D eigenvalue weighted by molar-refractivity contribution is 0.0943. The van der Waals surface area contributed by atoms with Crippen molar-refractivity contribution < 1.29 is 13.9 Å². The van der Waals surface area contributed by atoms with E-state index in [4.69, 9.17) is 22.2 Å². The van der Waals surface area contributed by atoms with E-state index in [1.807, 2.05) is 31.2 Å². The minimum absolute atomic E-state index is 0.127. The van der Waals surface area contributed by atoms with Crippen LogP contribution in [0.2, 0.25) is 0 Å². The van der Waals surface area contributed by atoms with Gasteiger partial charge in [0, 0.05) is 5.56 Å². The van der Waals surface area contributed by atoms with Crippen molar-refractivity contribution in [3.05, 3.63) is 65.0 Å². The van der Waals surface area contributed by atoms with Crippen LogP contribution in [-0.4, -0.2) is 18.1 Å². The van der Waals surface area contributed by atoms with Gasteiger partial charge in [-0.15, -0.1) is 0 Å². The Labute approximate surface area is 155 Å². The lowest BCUT2D eigenvalue weighted by atomic mass is 10.1. The van der Waals surface area contributed by atoms with Crippen molar-refractivity contribution >= 4 is 23.2 Å². The van der Waals surface area contributed by atoms with Crippen LogP contribution in [0.5, 0.6) is 5.75 Å². The minimum Gasteiger partial charge on any atom is -0.497 e. The van der Waals surface area contributed by atoms with E-state index in [0.717, 1.165) is 17.4 Å². The van der Waals surface area contributed by atoms with Crippen LogP contribution in [0.25, 0.3) is 0 Å². The normalized spacial score (nSPS) is 11.0. The Morgan fingerprint density at radius 1 is 1.27 bits per heavy atom. The van der Waals surface area contributed by atoms with Crippen LogP contribution in [0.3, 0.4) is 0 Å². The van der Waals surface area contributed by atoms with E-state index in [1.54, 1.807) is 13.2 Å². The van der Waals surface area contributed by atoms with Crippen molar-refractivity contribution in [1.82, 2.24) is 16.2 Å². The Morgan fingerprint density at radius 2 is 2.04 bits per heavy atom. The highest BCUT2D eigenvalue weighted by atomic mass is 32.1. The Bertz CT molecular complexity index is 867. The van der Waals surface area contributed by atoms with E-state index in [2.05, 4.69) is 16.2 Å². The molecule has 0 fully saturated rings. The minimum atomic E-state index is -0.679. The van der Waals surface area contributed by atoms with Crippen LogP contribution in [-0.2, 0) is 0 Å². The number of methoxy groups -OCH3 is 1. The summed E-state index contributed by atoms with van der Waals surface area (Å²) in [5, 5.41) is 12.0. The fourth-order valence-electron chi connectivity index (χ4n) is 2.16. The van der Waals surface area contributed by atoms with Gasteiger partial charge >= 0.3 is 0 Å². The Morgan fingerprint density at radius 3 is 2.73 bits per heavy atom. The molecule has 0 aliphatic carbocycles. The number of benzene rings is 2. The van der Waals surface area contributed by atoms with Crippen molar-refractivity contribution in [1.29, 1.82) is 5.26 Å². The van der Waals surface area contributed by atoms with Gasteiger partial charge in [-0.05, 0) is 55.0 Å². The molecule has 0 aromatic heterocycles. The molecule has 0 saturated heterocycles. The summed E-state index contributed by atoms with van der Waals surface area (Å²) in [5.41, 5.74) is 5.86. The molecule has 0 unspecified atom stereocenters. The molecule has 0 spiro atoms. The van der Waals surface area contributed by atoms with Gasteiger partial charge in [-0.3, -0.25) is 15.6 Å². The van der Waals surface area contributed by atoms with Crippen molar-refractivity contribution in [3.63, 3.8) is 0 Å². The van der Waals surface area contributed by atoms with E-state index < -0.39 is 11.7 Å². The van der Waals surface area contributed by atoms with Crippen LogP contribution in [0.1, 0.15) is 34.5 Å². The monoisotopic (exact) mass is 372 g/mol. The molecule has 3 N–H and O–H groups in total. The molecule has 8 heteroatoms. The highest BCUT2D eigenvalue weighted by Crippen LogP contribution is 2.18. The zero-order chi connectivity index (χ0) is 19.1. The molecule has 134 valence electrons. The number of amides is 1.